The van der Waals surface area contributed by atoms with Crippen molar-refractivity contribution in [3.05, 3.63) is 34.9 Å². The Kier molecular flexibility index (Phi) is 5.30. The summed E-state index contributed by atoms with van der Waals surface area (Å²) in [6.07, 6.45) is 5.10. The fraction of sp³-hybridized carbons (Fsp3) is 0.600. The first-order valence-electron chi connectivity index (χ1n) is 8.06. The Labute approximate surface area is 131 Å². The fourth-order valence-corrected chi connectivity index (χ4v) is 3.03. The Morgan fingerprint density at radius 1 is 1.10 bits per heavy atom. The second-order valence-corrected chi connectivity index (χ2v) is 8.02. The molecule has 0 bridgehead atoms. The first-order chi connectivity index (χ1) is 9.54. The van der Waals surface area contributed by atoms with E-state index in [2.05, 4.69) is 55.0 Å². The third-order valence-electron chi connectivity index (χ3n) is 4.00. The summed E-state index contributed by atoms with van der Waals surface area (Å²) in [6.45, 7) is 19.6. The molecule has 0 fully saturated rings. The van der Waals surface area contributed by atoms with Crippen LogP contribution in [0.2, 0.25) is 0 Å². The van der Waals surface area contributed by atoms with Crippen LogP contribution in [0, 0.1) is 0 Å². The number of hydrogen-bond acceptors (Lipinski definition) is 1. The van der Waals surface area contributed by atoms with Gasteiger partial charge in [0.2, 0.25) is 0 Å². The van der Waals surface area contributed by atoms with E-state index in [9.17, 15) is 5.11 Å². The predicted molar refractivity (Wildman–Crippen MR) is 94.2 cm³/mol. The van der Waals surface area contributed by atoms with Crippen LogP contribution >= 0.6 is 0 Å². The summed E-state index contributed by atoms with van der Waals surface area (Å²) in [4.78, 5) is 0. The second-order valence-electron chi connectivity index (χ2n) is 8.02. The van der Waals surface area contributed by atoms with Crippen molar-refractivity contribution in [2.75, 3.05) is 0 Å². The van der Waals surface area contributed by atoms with E-state index in [1.54, 1.807) is 0 Å². The van der Waals surface area contributed by atoms with Gasteiger partial charge in [0.25, 0.3) is 0 Å². The zero-order chi connectivity index (χ0) is 16.4. The molecule has 0 amide bonds. The standard InChI is InChI=1S/C20H32O/c1-9-11-12-15-14(10-2)17(21)13-16(19(3,4)5)18(15)20(6,7)8/h10,13,21H,2,9,11-12H2,1,3-8H3. The molecule has 118 valence electrons. The average molecular weight is 288 g/mol. The summed E-state index contributed by atoms with van der Waals surface area (Å²) in [5.41, 5.74) is 4.91. The minimum atomic E-state index is 0.0146. The van der Waals surface area contributed by atoms with Crippen molar-refractivity contribution in [1.29, 1.82) is 0 Å². The van der Waals surface area contributed by atoms with E-state index in [4.69, 9.17) is 0 Å². The van der Waals surface area contributed by atoms with Gasteiger partial charge in [0.15, 0.2) is 0 Å². The van der Waals surface area contributed by atoms with E-state index in [1.165, 1.54) is 16.7 Å². The van der Waals surface area contributed by atoms with Crippen LogP contribution in [-0.4, -0.2) is 5.11 Å². The summed E-state index contributed by atoms with van der Waals surface area (Å²) in [6, 6.07) is 1.95. The number of aromatic hydroxyl groups is 1. The van der Waals surface area contributed by atoms with E-state index >= 15 is 0 Å². The molecule has 0 aliphatic carbocycles. The smallest absolute Gasteiger partial charge is 0.123 e. The molecule has 1 nitrogen and oxygen atoms in total. The molecule has 0 saturated heterocycles. The molecule has 0 radical (unpaired) electrons. The van der Waals surface area contributed by atoms with E-state index in [0.29, 0.717) is 5.75 Å². The molecular formula is C20H32O. The van der Waals surface area contributed by atoms with Gasteiger partial charge in [-0.15, -0.1) is 0 Å². The highest BCUT2D eigenvalue weighted by atomic mass is 16.3. The van der Waals surface area contributed by atoms with Gasteiger partial charge in [-0.05, 0) is 46.4 Å². The minimum absolute atomic E-state index is 0.0146. The number of unbranched alkanes of at least 4 members (excludes halogenated alkanes) is 1. The number of rotatable bonds is 4. The first kappa shape index (κ1) is 17.8. The molecule has 1 N–H and O–H groups in total. The van der Waals surface area contributed by atoms with Gasteiger partial charge in [-0.25, -0.2) is 0 Å². The van der Waals surface area contributed by atoms with Crippen LogP contribution in [0.1, 0.15) is 83.6 Å². The molecule has 0 spiro atoms. The maximum absolute atomic E-state index is 10.5. The van der Waals surface area contributed by atoms with Crippen molar-refractivity contribution in [1.82, 2.24) is 0 Å². The molecule has 0 unspecified atom stereocenters. The highest BCUT2D eigenvalue weighted by Gasteiger charge is 2.30. The number of hydrogen-bond donors (Lipinski definition) is 1. The van der Waals surface area contributed by atoms with Crippen molar-refractivity contribution in [3.63, 3.8) is 0 Å². The molecule has 21 heavy (non-hydrogen) atoms. The molecule has 1 heteroatoms. The molecule has 0 aliphatic rings. The lowest BCUT2D eigenvalue weighted by Crippen LogP contribution is -2.24. The normalized spacial score (nSPS) is 12.5. The van der Waals surface area contributed by atoms with Gasteiger partial charge in [0.05, 0.1) is 0 Å². The van der Waals surface area contributed by atoms with Crippen LogP contribution in [-0.2, 0) is 17.3 Å². The number of phenols is 1. The summed E-state index contributed by atoms with van der Waals surface area (Å²) in [7, 11) is 0. The van der Waals surface area contributed by atoms with Gasteiger partial charge in [0, 0.05) is 5.56 Å². The van der Waals surface area contributed by atoms with Crippen molar-refractivity contribution in [3.8, 4) is 5.75 Å². The van der Waals surface area contributed by atoms with Gasteiger partial charge >= 0.3 is 0 Å². The zero-order valence-corrected chi connectivity index (χ0v) is 14.9. The molecule has 0 aromatic heterocycles. The van der Waals surface area contributed by atoms with Crippen LogP contribution in [0.25, 0.3) is 6.08 Å². The van der Waals surface area contributed by atoms with Gasteiger partial charge in [-0.2, -0.15) is 0 Å². The molecule has 1 rings (SSSR count). The largest absolute Gasteiger partial charge is 0.507 e. The maximum Gasteiger partial charge on any atom is 0.123 e. The minimum Gasteiger partial charge on any atom is -0.507 e. The third kappa shape index (κ3) is 3.90. The lowest BCUT2D eigenvalue weighted by molar-refractivity contribution is 0.462. The maximum atomic E-state index is 10.5. The Hall–Kier alpha value is -1.24. The second kappa shape index (κ2) is 6.25. The summed E-state index contributed by atoms with van der Waals surface area (Å²) in [5.74, 6) is 0.369. The van der Waals surface area contributed by atoms with E-state index in [-0.39, 0.29) is 10.8 Å². The lowest BCUT2D eigenvalue weighted by atomic mass is 9.71. The zero-order valence-electron chi connectivity index (χ0n) is 14.9. The van der Waals surface area contributed by atoms with Gasteiger partial charge < -0.3 is 5.11 Å². The lowest BCUT2D eigenvalue weighted by Gasteiger charge is -2.34. The fourth-order valence-electron chi connectivity index (χ4n) is 3.03. The first-order valence-corrected chi connectivity index (χ1v) is 8.06. The third-order valence-corrected chi connectivity index (χ3v) is 4.00. The molecule has 1 aromatic carbocycles. The Balaban J connectivity index is 3.76. The van der Waals surface area contributed by atoms with Crippen molar-refractivity contribution in [2.45, 2.75) is 78.6 Å². The molecule has 1 aromatic rings. The van der Waals surface area contributed by atoms with Gasteiger partial charge in [0.1, 0.15) is 5.75 Å². The highest BCUT2D eigenvalue weighted by molar-refractivity contribution is 5.65. The molecule has 0 atom stereocenters. The Morgan fingerprint density at radius 2 is 1.67 bits per heavy atom. The Morgan fingerprint density at radius 3 is 2.05 bits per heavy atom. The average Bonchev–Trinajstić information content (AvgIpc) is 2.32. The van der Waals surface area contributed by atoms with E-state index in [1.807, 2.05) is 12.1 Å². The van der Waals surface area contributed by atoms with Crippen molar-refractivity contribution in [2.24, 2.45) is 0 Å². The monoisotopic (exact) mass is 288 g/mol. The molecular weight excluding hydrogens is 256 g/mol. The predicted octanol–water partition coefficient (Wildman–Crippen LogP) is 5.97. The molecule has 0 saturated carbocycles. The summed E-state index contributed by atoms with van der Waals surface area (Å²) in [5, 5.41) is 10.5. The van der Waals surface area contributed by atoms with Crippen LogP contribution in [0.3, 0.4) is 0 Å². The number of phenolic OH excluding ortho intramolecular Hbond substituents is 1. The molecule has 0 aliphatic heterocycles. The van der Waals surface area contributed by atoms with E-state index in [0.717, 1.165) is 24.8 Å². The van der Waals surface area contributed by atoms with Crippen LogP contribution < -0.4 is 0 Å². The van der Waals surface area contributed by atoms with Crippen LogP contribution in [0.4, 0.5) is 0 Å². The van der Waals surface area contributed by atoms with Crippen molar-refractivity contribution >= 4 is 6.08 Å². The summed E-state index contributed by atoms with van der Waals surface area (Å²) >= 11 is 0. The van der Waals surface area contributed by atoms with Gasteiger partial charge in [-0.3, -0.25) is 0 Å². The Bertz CT molecular complexity index is 510. The topological polar surface area (TPSA) is 20.2 Å². The van der Waals surface area contributed by atoms with Crippen molar-refractivity contribution < 1.29 is 5.11 Å². The van der Waals surface area contributed by atoms with Crippen LogP contribution in [0.5, 0.6) is 5.75 Å². The van der Waals surface area contributed by atoms with E-state index < -0.39 is 0 Å². The highest BCUT2D eigenvalue weighted by Crippen LogP contribution is 2.42. The SMILES string of the molecule is C=Cc1c(O)cc(C(C)(C)C)c(C(C)(C)C)c1CCCC. The quantitative estimate of drug-likeness (QED) is 0.723. The number of benzene rings is 1. The summed E-state index contributed by atoms with van der Waals surface area (Å²) < 4.78 is 0. The van der Waals surface area contributed by atoms with Gasteiger partial charge in [-0.1, -0.05) is 67.5 Å². The molecule has 0 heterocycles. The van der Waals surface area contributed by atoms with Crippen LogP contribution in [0.15, 0.2) is 12.6 Å².